The normalized spacial score (nSPS) is 20.4. The van der Waals surface area contributed by atoms with Crippen LogP contribution in [0.2, 0.25) is 0 Å². The topological polar surface area (TPSA) is 78.0 Å². The standard InChI is InChI=1S/C26H27N3O4/c1-16(2)24-20-7-4-3-6-17(20)12-13-27(24)25(32)18-10-11-21-19(14-18)15-28(26(21)33)29-22(30)8-5-9-23(29)31/h3-4,6-7,10-11,14,16,24H,5,8-9,12-13,15H2,1-2H3/t24-/m1/s1. The Labute approximate surface area is 192 Å². The highest BCUT2D eigenvalue weighted by molar-refractivity contribution is 6.05. The van der Waals surface area contributed by atoms with Crippen molar-refractivity contribution in [2.24, 2.45) is 5.92 Å². The summed E-state index contributed by atoms with van der Waals surface area (Å²) < 4.78 is 0. The molecule has 33 heavy (non-hydrogen) atoms. The monoisotopic (exact) mass is 445 g/mol. The summed E-state index contributed by atoms with van der Waals surface area (Å²) in [4.78, 5) is 53.1. The quantitative estimate of drug-likeness (QED) is 0.678. The van der Waals surface area contributed by atoms with Crippen LogP contribution in [-0.2, 0) is 22.6 Å². The molecule has 0 aliphatic carbocycles. The number of carbonyl (C=O) groups excluding carboxylic acids is 4. The van der Waals surface area contributed by atoms with Gasteiger partial charge >= 0.3 is 0 Å². The summed E-state index contributed by atoms with van der Waals surface area (Å²) in [7, 11) is 0. The molecule has 0 N–H and O–H groups in total. The van der Waals surface area contributed by atoms with Gasteiger partial charge in [0.15, 0.2) is 0 Å². The minimum Gasteiger partial charge on any atom is -0.331 e. The van der Waals surface area contributed by atoms with Crippen LogP contribution >= 0.6 is 0 Å². The molecule has 7 nitrogen and oxygen atoms in total. The van der Waals surface area contributed by atoms with Crippen molar-refractivity contribution in [1.82, 2.24) is 14.9 Å². The fourth-order valence-electron chi connectivity index (χ4n) is 5.32. The summed E-state index contributed by atoms with van der Waals surface area (Å²) in [6.07, 6.45) is 1.82. The summed E-state index contributed by atoms with van der Waals surface area (Å²) >= 11 is 0. The van der Waals surface area contributed by atoms with Gasteiger partial charge in [0.1, 0.15) is 0 Å². The largest absolute Gasteiger partial charge is 0.331 e. The van der Waals surface area contributed by atoms with Crippen LogP contribution in [-0.4, -0.2) is 45.1 Å². The first kappa shape index (κ1) is 21.4. The Balaban J connectivity index is 1.43. The van der Waals surface area contributed by atoms with E-state index < -0.39 is 0 Å². The first-order valence-corrected chi connectivity index (χ1v) is 11.6. The third kappa shape index (κ3) is 3.52. The van der Waals surface area contributed by atoms with Gasteiger partial charge in [-0.1, -0.05) is 38.1 Å². The van der Waals surface area contributed by atoms with Gasteiger partial charge in [-0.05, 0) is 53.6 Å². The molecule has 0 saturated carbocycles. The zero-order valence-electron chi connectivity index (χ0n) is 18.9. The number of fused-ring (bicyclic) bond motifs is 2. The highest BCUT2D eigenvalue weighted by atomic mass is 16.2. The molecule has 0 bridgehead atoms. The van der Waals surface area contributed by atoms with E-state index in [1.54, 1.807) is 18.2 Å². The molecule has 2 aromatic carbocycles. The van der Waals surface area contributed by atoms with Gasteiger partial charge in [-0.2, -0.15) is 5.01 Å². The number of nitrogens with zero attached hydrogens (tertiary/aromatic N) is 3. The Morgan fingerprint density at radius 1 is 0.939 bits per heavy atom. The van der Waals surface area contributed by atoms with Crippen LogP contribution in [0.15, 0.2) is 42.5 Å². The Morgan fingerprint density at radius 2 is 1.67 bits per heavy atom. The molecule has 5 rings (SSSR count). The second-order valence-corrected chi connectivity index (χ2v) is 9.32. The number of hydrazine groups is 1. The molecule has 3 aliphatic rings. The molecule has 170 valence electrons. The molecule has 1 saturated heterocycles. The number of amides is 4. The lowest BCUT2D eigenvalue weighted by Crippen LogP contribution is -2.51. The van der Waals surface area contributed by atoms with Crippen molar-refractivity contribution in [3.8, 4) is 0 Å². The predicted octanol–water partition coefficient (Wildman–Crippen LogP) is 3.49. The van der Waals surface area contributed by atoms with Crippen LogP contribution in [0.1, 0.15) is 76.6 Å². The Morgan fingerprint density at radius 3 is 2.39 bits per heavy atom. The maximum atomic E-state index is 13.6. The number of piperidine rings is 1. The average molecular weight is 446 g/mol. The summed E-state index contributed by atoms with van der Waals surface area (Å²) in [6.45, 7) is 5.00. The first-order valence-electron chi connectivity index (χ1n) is 11.6. The van der Waals surface area contributed by atoms with Gasteiger partial charge in [-0.15, -0.1) is 0 Å². The van der Waals surface area contributed by atoms with E-state index in [0.717, 1.165) is 11.4 Å². The molecule has 1 atom stereocenters. The zero-order valence-corrected chi connectivity index (χ0v) is 18.9. The molecule has 0 aromatic heterocycles. The van der Waals surface area contributed by atoms with Gasteiger partial charge in [0.05, 0.1) is 12.6 Å². The van der Waals surface area contributed by atoms with Crippen LogP contribution in [0, 0.1) is 5.92 Å². The van der Waals surface area contributed by atoms with E-state index >= 15 is 0 Å². The lowest BCUT2D eigenvalue weighted by atomic mass is 9.86. The van der Waals surface area contributed by atoms with Crippen molar-refractivity contribution < 1.29 is 19.2 Å². The minimum atomic E-state index is -0.375. The van der Waals surface area contributed by atoms with E-state index in [1.165, 1.54) is 16.1 Å². The zero-order chi connectivity index (χ0) is 23.3. The molecule has 3 heterocycles. The highest BCUT2D eigenvalue weighted by Crippen LogP contribution is 2.36. The number of rotatable bonds is 3. The molecule has 7 heteroatoms. The minimum absolute atomic E-state index is 0.0163. The molecular weight excluding hydrogens is 418 g/mol. The van der Waals surface area contributed by atoms with Gasteiger partial charge in [0.2, 0.25) is 11.8 Å². The van der Waals surface area contributed by atoms with Crippen molar-refractivity contribution in [3.05, 3.63) is 70.3 Å². The molecule has 0 radical (unpaired) electrons. The molecule has 1 fully saturated rings. The molecule has 0 unspecified atom stereocenters. The van der Waals surface area contributed by atoms with E-state index in [1.807, 2.05) is 17.0 Å². The lowest BCUT2D eigenvalue weighted by molar-refractivity contribution is -0.163. The molecule has 0 spiro atoms. The predicted molar refractivity (Wildman–Crippen MR) is 121 cm³/mol. The SMILES string of the molecule is CC(C)[C@@H]1c2ccccc2CCN1C(=O)c1ccc2c(c1)CN(N1C(=O)CCCC1=O)C2=O. The molecule has 2 aromatic rings. The summed E-state index contributed by atoms with van der Waals surface area (Å²) in [5, 5.41) is 2.21. The average Bonchev–Trinajstić information content (AvgIpc) is 3.13. The van der Waals surface area contributed by atoms with Crippen LogP contribution < -0.4 is 0 Å². The number of hydrogen-bond donors (Lipinski definition) is 0. The van der Waals surface area contributed by atoms with E-state index in [0.29, 0.717) is 29.7 Å². The Bertz CT molecular complexity index is 1160. The maximum absolute atomic E-state index is 13.6. The van der Waals surface area contributed by atoms with Crippen molar-refractivity contribution >= 4 is 23.6 Å². The van der Waals surface area contributed by atoms with Gasteiger partial charge in [-0.3, -0.25) is 19.2 Å². The smallest absolute Gasteiger partial charge is 0.273 e. The van der Waals surface area contributed by atoms with Crippen LogP contribution in [0.5, 0.6) is 0 Å². The Kier molecular flexibility index (Phi) is 5.27. The Hall–Kier alpha value is -3.48. The third-order valence-electron chi connectivity index (χ3n) is 6.86. The molecular formula is C26H27N3O4. The van der Waals surface area contributed by atoms with Gasteiger partial charge in [0.25, 0.3) is 11.8 Å². The van der Waals surface area contributed by atoms with E-state index in [9.17, 15) is 19.2 Å². The maximum Gasteiger partial charge on any atom is 0.273 e. The number of imide groups is 1. The lowest BCUT2D eigenvalue weighted by Gasteiger charge is -2.40. The highest BCUT2D eigenvalue weighted by Gasteiger charge is 2.40. The summed E-state index contributed by atoms with van der Waals surface area (Å²) in [6, 6.07) is 13.3. The number of benzene rings is 2. The first-order chi connectivity index (χ1) is 15.9. The summed E-state index contributed by atoms with van der Waals surface area (Å²) in [5.41, 5.74) is 4.09. The van der Waals surface area contributed by atoms with E-state index in [4.69, 9.17) is 0 Å². The van der Waals surface area contributed by atoms with Gasteiger partial charge in [0, 0.05) is 30.5 Å². The molecule has 3 aliphatic heterocycles. The van der Waals surface area contributed by atoms with E-state index in [2.05, 4.69) is 26.0 Å². The molecule has 4 amide bonds. The van der Waals surface area contributed by atoms with Crippen molar-refractivity contribution in [2.45, 2.75) is 52.1 Å². The van der Waals surface area contributed by atoms with E-state index in [-0.39, 0.29) is 55.0 Å². The van der Waals surface area contributed by atoms with Crippen LogP contribution in [0.4, 0.5) is 0 Å². The van der Waals surface area contributed by atoms with Gasteiger partial charge < -0.3 is 4.90 Å². The fourth-order valence-corrected chi connectivity index (χ4v) is 5.32. The van der Waals surface area contributed by atoms with Crippen LogP contribution in [0.25, 0.3) is 0 Å². The second-order valence-electron chi connectivity index (χ2n) is 9.32. The van der Waals surface area contributed by atoms with Crippen LogP contribution in [0.3, 0.4) is 0 Å². The number of hydrogen-bond acceptors (Lipinski definition) is 4. The second kappa shape index (κ2) is 8.14. The third-order valence-corrected chi connectivity index (χ3v) is 6.86. The van der Waals surface area contributed by atoms with Gasteiger partial charge in [-0.25, -0.2) is 5.01 Å². The van der Waals surface area contributed by atoms with Crippen molar-refractivity contribution in [3.63, 3.8) is 0 Å². The fraction of sp³-hybridized carbons (Fsp3) is 0.385. The summed E-state index contributed by atoms with van der Waals surface area (Å²) in [5.74, 6) is -0.898. The number of carbonyl (C=O) groups is 4. The van der Waals surface area contributed by atoms with Crippen molar-refractivity contribution in [2.75, 3.05) is 6.54 Å². The van der Waals surface area contributed by atoms with Crippen molar-refractivity contribution in [1.29, 1.82) is 0 Å².